The number of nitrogens with one attached hydrogen (secondary N) is 1. The van der Waals surface area contributed by atoms with Gasteiger partial charge in [0.05, 0.1) is 11.1 Å². The summed E-state index contributed by atoms with van der Waals surface area (Å²) in [6.07, 6.45) is 0.782. The van der Waals surface area contributed by atoms with Crippen LogP contribution in [-0.2, 0) is 9.53 Å². The van der Waals surface area contributed by atoms with Gasteiger partial charge in [-0.1, -0.05) is 22.9 Å². The molecule has 0 spiro atoms. The maximum Gasteiger partial charge on any atom is 0.308 e. The number of carbonyl (C=O) groups is 2. The van der Waals surface area contributed by atoms with E-state index in [1.54, 1.807) is 6.92 Å². The van der Waals surface area contributed by atoms with Crippen LogP contribution in [0, 0.1) is 18.6 Å². The highest BCUT2D eigenvalue weighted by Crippen LogP contribution is 2.32. The highest BCUT2D eigenvalue weighted by Gasteiger charge is 2.25. The standard InChI is InChI=1S/C30H33BrF3N3O3/c1-3-6-26(34)40-27(38)12-7-19(22-16-21(32)9-10-24(22)33)17-35-30(39)28-18(2)29(37-13-4-5-14-37)36-25-11-8-20(31)15-23(25)28/h8-11,15-16,19,26H,3-7,12-14,17H2,1-2H3,(H,35,39). The first-order chi connectivity index (χ1) is 19.2. The monoisotopic (exact) mass is 619 g/mol. The molecule has 0 aliphatic carbocycles. The van der Waals surface area contributed by atoms with Gasteiger partial charge in [-0.2, -0.15) is 0 Å². The van der Waals surface area contributed by atoms with E-state index < -0.39 is 29.9 Å². The second-order valence-corrected chi connectivity index (χ2v) is 11.0. The summed E-state index contributed by atoms with van der Waals surface area (Å²) < 4.78 is 48.2. The van der Waals surface area contributed by atoms with Crippen LogP contribution in [0.4, 0.5) is 19.0 Å². The Bertz CT molecular complexity index is 1380. The molecule has 4 rings (SSSR count). The maximum absolute atomic E-state index is 14.8. The summed E-state index contributed by atoms with van der Waals surface area (Å²) >= 11 is 3.48. The average molecular weight is 621 g/mol. The van der Waals surface area contributed by atoms with Crippen LogP contribution in [0.3, 0.4) is 0 Å². The third-order valence-corrected chi connectivity index (χ3v) is 7.67. The van der Waals surface area contributed by atoms with Gasteiger partial charge in [-0.05, 0) is 74.6 Å². The van der Waals surface area contributed by atoms with Crippen molar-refractivity contribution in [2.24, 2.45) is 0 Å². The van der Waals surface area contributed by atoms with Crippen molar-refractivity contribution in [3.63, 3.8) is 0 Å². The molecule has 2 aromatic carbocycles. The molecule has 1 fully saturated rings. The van der Waals surface area contributed by atoms with Gasteiger partial charge in [0.1, 0.15) is 17.5 Å². The number of nitrogens with zero attached hydrogens (tertiary/aromatic N) is 2. The second-order valence-electron chi connectivity index (χ2n) is 10.1. The zero-order valence-electron chi connectivity index (χ0n) is 22.6. The van der Waals surface area contributed by atoms with E-state index in [0.717, 1.165) is 60.0 Å². The lowest BCUT2D eigenvalue weighted by Gasteiger charge is -2.23. The van der Waals surface area contributed by atoms with Crippen LogP contribution in [0.2, 0.25) is 0 Å². The highest BCUT2D eigenvalue weighted by molar-refractivity contribution is 9.10. The fraction of sp³-hybridized carbons (Fsp3) is 0.433. The van der Waals surface area contributed by atoms with Gasteiger partial charge < -0.3 is 15.0 Å². The molecule has 1 N–H and O–H groups in total. The van der Waals surface area contributed by atoms with Crippen molar-refractivity contribution in [3.8, 4) is 0 Å². The lowest BCUT2D eigenvalue weighted by Crippen LogP contribution is -2.31. The summed E-state index contributed by atoms with van der Waals surface area (Å²) in [5.41, 5.74) is 1.87. The Morgan fingerprint density at radius 1 is 1.12 bits per heavy atom. The first kappa shape index (κ1) is 29.8. The SMILES string of the molecule is CCCC(F)OC(=O)CCC(CNC(=O)c1c(C)c(N2CCCC2)nc2ccc(Br)cc12)c1cc(F)ccc1F. The highest BCUT2D eigenvalue weighted by atomic mass is 79.9. The number of pyridine rings is 1. The fourth-order valence-corrected chi connectivity index (χ4v) is 5.49. The van der Waals surface area contributed by atoms with Gasteiger partial charge in [0.2, 0.25) is 6.36 Å². The first-order valence-corrected chi connectivity index (χ1v) is 14.4. The summed E-state index contributed by atoms with van der Waals surface area (Å²) in [4.78, 5) is 33.0. The summed E-state index contributed by atoms with van der Waals surface area (Å²) in [6, 6.07) is 8.62. The van der Waals surface area contributed by atoms with Crippen LogP contribution in [-0.4, -0.2) is 42.9 Å². The van der Waals surface area contributed by atoms with Crippen LogP contribution >= 0.6 is 15.9 Å². The topological polar surface area (TPSA) is 71.5 Å². The third-order valence-electron chi connectivity index (χ3n) is 7.18. The normalized spacial score (nSPS) is 14.8. The van der Waals surface area contributed by atoms with Crippen LogP contribution in [0.15, 0.2) is 40.9 Å². The molecule has 214 valence electrons. The summed E-state index contributed by atoms with van der Waals surface area (Å²) in [6.45, 7) is 5.26. The van der Waals surface area contributed by atoms with E-state index in [4.69, 9.17) is 9.72 Å². The van der Waals surface area contributed by atoms with Crippen molar-refractivity contribution in [3.05, 3.63) is 69.2 Å². The van der Waals surface area contributed by atoms with Gasteiger partial charge in [0.15, 0.2) is 0 Å². The molecule has 1 aliphatic rings. The summed E-state index contributed by atoms with van der Waals surface area (Å²) in [5, 5.41) is 3.54. The number of fused-ring (bicyclic) bond motifs is 1. The minimum absolute atomic E-state index is 0.0234. The van der Waals surface area contributed by atoms with E-state index in [1.807, 2.05) is 25.1 Å². The van der Waals surface area contributed by atoms with E-state index in [-0.39, 0.29) is 37.3 Å². The minimum Gasteiger partial charge on any atom is -0.431 e. The van der Waals surface area contributed by atoms with Crippen molar-refractivity contribution in [2.75, 3.05) is 24.5 Å². The Balaban J connectivity index is 1.60. The van der Waals surface area contributed by atoms with Crippen LogP contribution in [0.5, 0.6) is 0 Å². The molecule has 6 nitrogen and oxygen atoms in total. The van der Waals surface area contributed by atoms with Crippen molar-refractivity contribution in [2.45, 2.75) is 64.6 Å². The van der Waals surface area contributed by atoms with Crippen LogP contribution < -0.4 is 10.2 Å². The van der Waals surface area contributed by atoms with Gasteiger partial charge in [0.25, 0.3) is 5.91 Å². The molecule has 40 heavy (non-hydrogen) atoms. The molecule has 2 unspecified atom stereocenters. The number of halogens is 4. The molecule has 0 saturated carbocycles. The second kappa shape index (κ2) is 13.5. The summed E-state index contributed by atoms with van der Waals surface area (Å²) in [7, 11) is 0. The Morgan fingerprint density at radius 2 is 1.88 bits per heavy atom. The predicted molar refractivity (Wildman–Crippen MR) is 152 cm³/mol. The molecule has 1 amide bonds. The minimum atomic E-state index is -1.71. The van der Waals surface area contributed by atoms with E-state index in [2.05, 4.69) is 26.1 Å². The molecule has 2 atom stereocenters. The van der Waals surface area contributed by atoms with Crippen molar-refractivity contribution in [1.29, 1.82) is 0 Å². The Morgan fingerprint density at radius 3 is 2.60 bits per heavy atom. The fourth-order valence-electron chi connectivity index (χ4n) is 5.13. The van der Waals surface area contributed by atoms with Crippen LogP contribution in [0.25, 0.3) is 10.9 Å². The smallest absolute Gasteiger partial charge is 0.308 e. The number of ether oxygens (including phenoxy) is 1. The van der Waals surface area contributed by atoms with Gasteiger partial charge in [-0.3, -0.25) is 9.59 Å². The van der Waals surface area contributed by atoms with E-state index >= 15 is 0 Å². The zero-order valence-corrected chi connectivity index (χ0v) is 24.2. The number of benzene rings is 2. The molecule has 3 aromatic rings. The number of aromatic nitrogens is 1. The van der Waals surface area contributed by atoms with Crippen molar-refractivity contribution < 1.29 is 27.5 Å². The number of amides is 1. The Kier molecular flexibility index (Phi) is 10.1. The van der Waals surface area contributed by atoms with Crippen molar-refractivity contribution >= 4 is 44.5 Å². The quantitative estimate of drug-likeness (QED) is 0.231. The number of rotatable bonds is 11. The number of anilines is 1. The Hall–Kier alpha value is -3.14. The van der Waals surface area contributed by atoms with Crippen LogP contribution in [0.1, 0.15) is 72.9 Å². The average Bonchev–Trinajstić information content (AvgIpc) is 3.45. The zero-order chi connectivity index (χ0) is 28.8. The van der Waals surface area contributed by atoms with Gasteiger partial charge in [-0.15, -0.1) is 0 Å². The number of carbonyl (C=O) groups excluding carboxylic acids is 2. The lowest BCUT2D eigenvalue weighted by atomic mass is 9.93. The lowest BCUT2D eigenvalue weighted by molar-refractivity contribution is -0.158. The molecular formula is C30H33BrF3N3O3. The molecule has 2 heterocycles. The predicted octanol–water partition coefficient (Wildman–Crippen LogP) is 7.12. The number of esters is 1. The van der Waals surface area contributed by atoms with Gasteiger partial charge in [0, 0.05) is 53.8 Å². The first-order valence-electron chi connectivity index (χ1n) is 13.6. The molecule has 10 heteroatoms. The van der Waals surface area contributed by atoms with E-state index in [1.165, 1.54) is 0 Å². The molecular weight excluding hydrogens is 587 g/mol. The third kappa shape index (κ3) is 7.13. The molecule has 0 radical (unpaired) electrons. The van der Waals surface area contributed by atoms with E-state index in [9.17, 15) is 22.8 Å². The summed E-state index contributed by atoms with van der Waals surface area (Å²) in [5.74, 6) is -2.47. The number of hydrogen-bond acceptors (Lipinski definition) is 5. The van der Waals surface area contributed by atoms with E-state index in [0.29, 0.717) is 22.9 Å². The maximum atomic E-state index is 14.8. The Labute approximate surface area is 240 Å². The van der Waals surface area contributed by atoms with Crippen molar-refractivity contribution in [1.82, 2.24) is 10.3 Å². The molecule has 1 aromatic heterocycles. The van der Waals surface area contributed by atoms with Gasteiger partial charge >= 0.3 is 5.97 Å². The number of alkyl halides is 1. The molecule has 1 saturated heterocycles. The number of hydrogen-bond donors (Lipinski definition) is 1. The molecule has 0 bridgehead atoms. The van der Waals surface area contributed by atoms with Gasteiger partial charge in [-0.25, -0.2) is 18.2 Å². The molecule has 1 aliphatic heterocycles. The largest absolute Gasteiger partial charge is 0.431 e.